The van der Waals surface area contributed by atoms with Crippen molar-refractivity contribution >= 4 is 65.7 Å². The van der Waals surface area contributed by atoms with Gasteiger partial charge in [0.2, 0.25) is 5.95 Å². The van der Waals surface area contributed by atoms with Crippen LogP contribution in [0.3, 0.4) is 0 Å². The molecule has 0 atom stereocenters. The van der Waals surface area contributed by atoms with Crippen LogP contribution < -0.4 is 10.2 Å². The average Bonchev–Trinajstić information content (AvgIpc) is 3.39. The molecule has 1 amide bonds. The van der Waals surface area contributed by atoms with Crippen molar-refractivity contribution in [3.63, 3.8) is 0 Å². The number of nitrogens with one attached hydrogen (secondary N) is 1. The molecule has 0 aliphatic rings. The summed E-state index contributed by atoms with van der Waals surface area (Å²) in [5, 5.41) is 9.84. The third kappa shape index (κ3) is 10.1. The zero-order chi connectivity index (χ0) is 32.0. The first-order valence-electron chi connectivity index (χ1n) is 11.3. The molecule has 2 aromatic heterocycles. The number of esters is 1. The Morgan fingerprint density at radius 1 is 0.953 bits per heavy atom. The number of amides is 1. The Labute approximate surface area is 243 Å². The predicted molar refractivity (Wildman–Crippen MR) is 143 cm³/mol. The molecule has 43 heavy (non-hydrogen) atoms. The van der Waals surface area contributed by atoms with E-state index < -0.39 is 83.6 Å². The SMILES string of the molecule is COC(=O)c1coc(N=Nc2cnc(N(CCS(=O)(=O)O)CCS(=O)(=O)O)nc2NC(=O)c2ccc(S(=O)(=O)O)cc2)n1. The highest BCUT2D eigenvalue weighted by Crippen LogP contribution is 2.27. The van der Waals surface area contributed by atoms with Crippen molar-refractivity contribution in [2.75, 3.05) is 41.9 Å². The van der Waals surface area contributed by atoms with E-state index in [2.05, 4.69) is 35.2 Å². The van der Waals surface area contributed by atoms with E-state index in [1.807, 2.05) is 0 Å². The highest BCUT2D eigenvalue weighted by Gasteiger charge is 2.21. The molecule has 3 rings (SSSR count). The van der Waals surface area contributed by atoms with E-state index in [1.54, 1.807) is 0 Å². The van der Waals surface area contributed by atoms with Gasteiger partial charge >= 0.3 is 12.0 Å². The molecule has 3 aromatic rings. The molecule has 0 aliphatic carbocycles. The molecule has 0 radical (unpaired) electrons. The maximum Gasteiger partial charge on any atom is 0.360 e. The van der Waals surface area contributed by atoms with E-state index in [9.17, 15) is 34.8 Å². The van der Waals surface area contributed by atoms with Crippen LogP contribution in [0.5, 0.6) is 0 Å². The van der Waals surface area contributed by atoms with Crippen molar-refractivity contribution in [2.24, 2.45) is 10.2 Å². The summed E-state index contributed by atoms with van der Waals surface area (Å²) in [7, 11) is -12.5. The number of azo groups is 1. The van der Waals surface area contributed by atoms with Crippen molar-refractivity contribution in [1.29, 1.82) is 0 Å². The predicted octanol–water partition coefficient (Wildman–Crippen LogP) is 0.748. The lowest BCUT2D eigenvalue weighted by atomic mass is 10.2. The summed E-state index contributed by atoms with van der Waals surface area (Å²) in [6.45, 7) is -1.10. The molecule has 0 fully saturated rings. The lowest BCUT2D eigenvalue weighted by Gasteiger charge is -2.22. The lowest BCUT2D eigenvalue weighted by molar-refractivity contribution is 0.0593. The fourth-order valence-electron chi connectivity index (χ4n) is 3.01. The van der Waals surface area contributed by atoms with Gasteiger partial charge in [0.05, 0.1) is 29.7 Å². The van der Waals surface area contributed by atoms with E-state index >= 15 is 0 Å². The molecule has 0 spiro atoms. The van der Waals surface area contributed by atoms with Crippen molar-refractivity contribution in [2.45, 2.75) is 4.90 Å². The van der Waals surface area contributed by atoms with Crippen LogP contribution in [0.25, 0.3) is 0 Å². The summed E-state index contributed by atoms with van der Waals surface area (Å²) in [6, 6.07) is 3.60. The standard InChI is InChI=1S/C20H21N7O13S3/c1-39-18(29)15-11-40-20(22-15)26-25-14-10-21-19(27(6-8-41(30,31)32)7-9-42(33,34)35)24-16(14)23-17(28)12-2-4-13(5-3-12)43(36,37)38/h2-5,10-11H,6-9H2,1H3,(H,30,31,32)(H,33,34,35)(H,36,37,38)(H,21,23,24,28). The number of carbonyl (C=O) groups excluding carboxylic acids is 2. The third-order valence-corrected chi connectivity index (χ3v) is 7.32. The number of anilines is 2. The van der Waals surface area contributed by atoms with Crippen molar-refractivity contribution in [1.82, 2.24) is 15.0 Å². The summed E-state index contributed by atoms with van der Waals surface area (Å²) in [5.74, 6) is -4.29. The summed E-state index contributed by atoms with van der Waals surface area (Å²) in [4.78, 5) is 36.7. The first-order valence-corrected chi connectivity index (χ1v) is 16.0. The molecule has 20 nitrogen and oxygen atoms in total. The molecule has 2 heterocycles. The highest BCUT2D eigenvalue weighted by atomic mass is 32.2. The van der Waals surface area contributed by atoms with Crippen LogP contribution >= 0.6 is 0 Å². The van der Waals surface area contributed by atoms with Crippen LogP contribution in [0.15, 0.2) is 56.3 Å². The lowest BCUT2D eigenvalue weighted by Crippen LogP contribution is -2.35. The Kier molecular flexibility index (Phi) is 10.2. The second-order valence-electron chi connectivity index (χ2n) is 8.12. The maximum atomic E-state index is 12.9. The molecule has 0 bridgehead atoms. The fraction of sp³-hybridized carbons (Fsp3) is 0.250. The van der Waals surface area contributed by atoms with E-state index in [-0.39, 0.29) is 22.9 Å². The fourth-order valence-corrected chi connectivity index (χ4v) is 4.39. The summed E-state index contributed by atoms with van der Waals surface area (Å²) < 4.78 is 105. The molecular weight excluding hydrogens is 642 g/mol. The minimum atomic E-state index is -4.55. The first kappa shape index (κ1) is 33.1. The van der Waals surface area contributed by atoms with Crippen LogP contribution in [-0.4, -0.2) is 97.4 Å². The zero-order valence-electron chi connectivity index (χ0n) is 21.6. The molecule has 0 aliphatic heterocycles. The van der Waals surface area contributed by atoms with Crippen molar-refractivity contribution in [3.8, 4) is 0 Å². The zero-order valence-corrected chi connectivity index (χ0v) is 24.1. The van der Waals surface area contributed by atoms with Crippen LogP contribution in [-0.2, 0) is 35.1 Å². The topological polar surface area (TPSA) is 298 Å². The molecule has 4 N–H and O–H groups in total. The third-order valence-electron chi connectivity index (χ3n) is 5.05. The van der Waals surface area contributed by atoms with E-state index in [4.69, 9.17) is 18.1 Å². The number of rotatable bonds is 13. The monoisotopic (exact) mass is 663 g/mol. The molecule has 0 saturated heterocycles. The van der Waals surface area contributed by atoms with Gasteiger partial charge in [0.25, 0.3) is 36.3 Å². The van der Waals surface area contributed by atoms with Crippen LogP contribution in [0.2, 0.25) is 0 Å². The Hall–Kier alpha value is -4.42. The van der Waals surface area contributed by atoms with Crippen molar-refractivity contribution < 1.29 is 57.7 Å². The quantitative estimate of drug-likeness (QED) is 0.111. The van der Waals surface area contributed by atoms with Gasteiger partial charge in [0, 0.05) is 18.7 Å². The largest absolute Gasteiger partial charge is 0.464 e. The van der Waals surface area contributed by atoms with Gasteiger partial charge in [-0.15, -0.1) is 5.11 Å². The van der Waals surface area contributed by atoms with Gasteiger partial charge in [-0.2, -0.15) is 35.2 Å². The number of ether oxygens (including phenoxy) is 1. The minimum absolute atomic E-state index is 0.125. The van der Waals surface area contributed by atoms with E-state index in [0.717, 1.165) is 48.7 Å². The number of oxazole rings is 1. The molecule has 232 valence electrons. The van der Waals surface area contributed by atoms with Gasteiger partial charge in [-0.1, -0.05) is 5.11 Å². The minimum Gasteiger partial charge on any atom is -0.464 e. The molecular formula is C20H21N7O13S3. The number of methoxy groups -OCH3 is 1. The van der Waals surface area contributed by atoms with Gasteiger partial charge in [0.1, 0.15) is 12.0 Å². The van der Waals surface area contributed by atoms with E-state index in [0.29, 0.717) is 0 Å². The molecule has 23 heteroatoms. The van der Waals surface area contributed by atoms with Gasteiger partial charge in [0.15, 0.2) is 11.5 Å². The average molecular weight is 664 g/mol. The van der Waals surface area contributed by atoms with Gasteiger partial charge < -0.3 is 19.4 Å². The summed E-state index contributed by atoms with van der Waals surface area (Å²) in [5.41, 5.74) is -0.632. The number of hydrogen-bond acceptors (Lipinski definition) is 16. The summed E-state index contributed by atoms with van der Waals surface area (Å²) in [6.07, 6.45) is 1.90. The van der Waals surface area contributed by atoms with Crippen LogP contribution in [0.4, 0.5) is 23.5 Å². The smallest absolute Gasteiger partial charge is 0.360 e. The maximum absolute atomic E-state index is 12.9. The Morgan fingerprint density at radius 2 is 1.56 bits per heavy atom. The van der Waals surface area contributed by atoms with Gasteiger partial charge in [-0.05, 0) is 24.3 Å². The number of nitrogens with zero attached hydrogens (tertiary/aromatic N) is 6. The van der Waals surface area contributed by atoms with Crippen LogP contribution in [0, 0.1) is 0 Å². The highest BCUT2D eigenvalue weighted by molar-refractivity contribution is 7.86. The summed E-state index contributed by atoms with van der Waals surface area (Å²) >= 11 is 0. The van der Waals surface area contributed by atoms with Gasteiger partial charge in [-0.25, -0.2) is 9.78 Å². The van der Waals surface area contributed by atoms with Crippen LogP contribution in [0.1, 0.15) is 20.8 Å². The first-order chi connectivity index (χ1) is 19.9. The number of hydrogen-bond donors (Lipinski definition) is 4. The Bertz CT molecular complexity index is 1820. The molecule has 1 aromatic carbocycles. The Morgan fingerprint density at radius 3 is 2.09 bits per heavy atom. The molecule has 0 unspecified atom stereocenters. The van der Waals surface area contributed by atoms with E-state index in [1.165, 1.54) is 0 Å². The number of aromatic nitrogens is 3. The molecule has 0 saturated carbocycles. The number of benzene rings is 1. The van der Waals surface area contributed by atoms with Crippen molar-refractivity contribution in [3.05, 3.63) is 48.0 Å². The normalized spacial score (nSPS) is 12.3. The Balaban J connectivity index is 2.02. The second-order valence-corrected chi connectivity index (χ2v) is 12.7. The van der Waals surface area contributed by atoms with Gasteiger partial charge in [-0.3, -0.25) is 18.5 Å². The number of carbonyl (C=O) groups is 2. The second kappa shape index (κ2) is 13.3.